The Kier molecular flexibility index (Phi) is 5.63. The molecule has 6 heteroatoms. The van der Waals surface area contributed by atoms with E-state index in [9.17, 15) is 14.4 Å². The van der Waals surface area contributed by atoms with Crippen LogP contribution < -0.4 is 10.6 Å². The predicted molar refractivity (Wildman–Crippen MR) is 104 cm³/mol. The zero-order chi connectivity index (χ0) is 19.7. The van der Waals surface area contributed by atoms with Crippen LogP contribution in [0.3, 0.4) is 0 Å². The van der Waals surface area contributed by atoms with Crippen molar-refractivity contribution in [3.63, 3.8) is 0 Å². The van der Waals surface area contributed by atoms with Gasteiger partial charge in [-0.2, -0.15) is 0 Å². The fraction of sp³-hybridized carbons (Fsp3) is 0.762. The molecule has 1 saturated carbocycles. The molecule has 3 rings (SSSR count). The number of carbonyl (C=O) groups is 3. The zero-order valence-corrected chi connectivity index (χ0v) is 16.9. The largest absolute Gasteiger partial charge is 0.354 e. The van der Waals surface area contributed by atoms with Crippen molar-refractivity contribution in [2.24, 2.45) is 11.3 Å². The summed E-state index contributed by atoms with van der Waals surface area (Å²) < 4.78 is 0. The van der Waals surface area contributed by atoms with Crippen molar-refractivity contribution in [3.8, 4) is 0 Å². The van der Waals surface area contributed by atoms with Gasteiger partial charge in [0.2, 0.25) is 5.91 Å². The van der Waals surface area contributed by atoms with Crippen LogP contribution in [0.2, 0.25) is 0 Å². The molecule has 6 nitrogen and oxygen atoms in total. The van der Waals surface area contributed by atoms with Crippen molar-refractivity contribution in [2.45, 2.75) is 77.7 Å². The van der Waals surface area contributed by atoms with Crippen LogP contribution in [0.25, 0.3) is 0 Å². The predicted octanol–water partition coefficient (Wildman–Crippen LogP) is 3.13. The van der Waals surface area contributed by atoms with Crippen LogP contribution in [0.1, 0.15) is 72.1 Å². The molecule has 2 N–H and O–H groups in total. The molecule has 1 spiro atoms. The van der Waals surface area contributed by atoms with Crippen LogP contribution in [0.5, 0.6) is 0 Å². The van der Waals surface area contributed by atoms with Gasteiger partial charge < -0.3 is 10.6 Å². The molecule has 2 unspecified atom stereocenters. The van der Waals surface area contributed by atoms with E-state index in [1.165, 1.54) is 18.4 Å². The summed E-state index contributed by atoms with van der Waals surface area (Å²) in [6.07, 6.45) is 10.1. The second-order valence-corrected chi connectivity index (χ2v) is 9.47. The summed E-state index contributed by atoms with van der Waals surface area (Å²) in [6.45, 7) is 6.76. The molecule has 0 aromatic rings. The molecule has 2 fully saturated rings. The van der Waals surface area contributed by atoms with Crippen molar-refractivity contribution >= 4 is 17.8 Å². The van der Waals surface area contributed by atoms with Gasteiger partial charge in [0, 0.05) is 6.54 Å². The molecule has 1 aliphatic heterocycles. The van der Waals surface area contributed by atoms with Crippen LogP contribution in [0, 0.1) is 11.3 Å². The molecule has 150 valence electrons. The first kappa shape index (κ1) is 19.9. The van der Waals surface area contributed by atoms with E-state index < -0.39 is 11.6 Å². The molecule has 0 bridgehead atoms. The van der Waals surface area contributed by atoms with Gasteiger partial charge in [-0.05, 0) is 62.7 Å². The average Bonchev–Trinajstić information content (AvgIpc) is 2.77. The maximum Gasteiger partial charge on any atom is 0.325 e. The van der Waals surface area contributed by atoms with Gasteiger partial charge in [-0.15, -0.1) is 0 Å². The third-order valence-electron chi connectivity index (χ3n) is 6.08. The Morgan fingerprint density at radius 2 is 2.07 bits per heavy atom. The lowest BCUT2D eigenvalue weighted by Gasteiger charge is -2.43. The quantitative estimate of drug-likeness (QED) is 0.572. The lowest BCUT2D eigenvalue weighted by atomic mass is 9.64. The molecular formula is C21H33N3O3. The van der Waals surface area contributed by atoms with E-state index in [0.717, 1.165) is 30.6 Å². The van der Waals surface area contributed by atoms with Crippen LogP contribution >= 0.6 is 0 Å². The molecule has 1 heterocycles. The highest BCUT2D eigenvalue weighted by Gasteiger charge is 2.56. The first-order chi connectivity index (χ1) is 12.7. The van der Waals surface area contributed by atoms with Gasteiger partial charge in [-0.25, -0.2) is 4.79 Å². The second-order valence-electron chi connectivity index (χ2n) is 9.47. The number of carbonyl (C=O) groups excluding carboxylic acids is 3. The van der Waals surface area contributed by atoms with Gasteiger partial charge in [-0.1, -0.05) is 32.4 Å². The highest BCUT2D eigenvalue weighted by atomic mass is 16.2. The van der Waals surface area contributed by atoms with Gasteiger partial charge in [0.1, 0.15) is 12.1 Å². The summed E-state index contributed by atoms with van der Waals surface area (Å²) >= 11 is 0. The minimum Gasteiger partial charge on any atom is -0.354 e. The van der Waals surface area contributed by atoms with Crippen molar-refractivity contribution in [3.05, 3.63) is 11.6 Å². The summed E-state index contributed by atoms with van der Waals surface area (Å²) in [5.41, 5.74) is 0.548. The Bertz CT molecular complexity index is 655. The summed E-state index contributed by atoms with van der Waals surface area (Å²) in [5, 5.41) is 5.78. The van der Waals surface area contributed by atoms with Gasteiger partial charge in [0.05, 0.1) is 0 Å². The number of allylic oxidation sites excluding steroid dienone is 1. The molecule has 4 amide bonds. The minimum absolute atomic E-state index is 0.00735. The number of nitrogens with one attached hydrogen (secondary N) is 2. The number of rotatable bonds is 5. The zero-order valence-electron chi connectivity index (χ0n) is 16.9. The second kappa shape index (κ2) is 7.64. The first-order valence-electron chi connectivity index (χ1n) is 10.3. The molecule has 2 atom stereocenters. The Hall–Kier alpha value is -1.85. The van der Waals surface area contributed by atoms with Crippen molar-refractivity contribution in [1.29, 1.82) is 0 Å². The van der Waals surface area contributed by atoms with E-state index in [2.05, 4.69) is 37.5 Å². The number of hydrogen-bond donors (Lipinski definition) is 2. The smallest absolute Gasteiger partial charge is 0.325 e. The molecule has 0 radical (unpaired) electrons. The number of imide groups is 1. The molecule has 2 aliphatic carbocycles. The molecule has 3 aliphatic rings. The topological polar surface area (TPSA) is 78.5 Å². The third-order valence-corrected chi connectivity index (χ3v) is 6.08. The highest BCUT2D eigenvalue weighted by molar-refractivity contribution is 6.09. The molecule has 1 saturated heterocycles. The van der Waals surface area contributed by atoms with Gasteiger partial charge in [0.25, 0.3) is 5.91 Å². The lowest BCUT2D eigenvalue weighted by Crippen LogP contribution is -2.54. The summed E-state index contributed by atoms with van der Waals surface area (Å²) in [4.78, 5) is 38.9. The normalized spacial score (nSPS) is 30.3. The lowest BCUT2D eigenvalue weighted by molar-refractivity contribution is -0.137. The number of urea groups is 1. The van der Waals surface area contributed by atoms with Crippen molar-refractivity contribution < 1.29 is 14.4 Å². The maximum absolute atomic E-state index is 13.0. The van der Waals surface area contributed by atoms with Crippen LogP contribution in [-0.4, -0.2) is 41.4 Å². The maximum atomic E-state index is 13.0. The minimum atomic E-state index is -0.842. The fourth-order valence-corrected chi connectivity index (χ4v) is 5.34. The number of hydrogen-bond acceptors (Lipinski definition) is 3. The molecule has 0 aromatic carbocycles. The number of nitrogens with zero attached hydrogens (tertiary/aromatic N) is 1. The van der Waals surface area contributed by atoms with Gasteiger partial charge in [0.15, 0.2) is 0 Å². The van der Waals surface area contributed by atoms with E-state index in [0.29, 0.717) is 25.3 Å². The first-order valence-corrected chi connectivity index (χ1v) is 10.3. The van der Waals surface area contributed by atoms with E-state index in [-0.39, 0.29) is 23.8 Å². The standard InChI is InChI=1S/C21H33N3O3/c1-15-11-20(2,3)14-21(12-15)18(26)24(19(27)23-21)13-17(25)22-10-9-16-7-5-4-6-8-16/h7,15H,4-6,8-14H2,1-3H3,(H,22,25)(H,23,27). The third kappa shape index (κ3) is 4.53. The Balaban J connectivity index is 1.55. The Labute approximate surface area is 162 Å². The van der Waals surface area contributed by atoms with Gasteiger partial charge >= 0.3 is 6.03 Å². The van der Waals surface area contributed by atoms with Crippen molar-refractivity contribution in [2.75, 3.05) is 13.1 Å². The van der Waals surface area contributed by atoms with Gasteiger partial charge in [-0.3, -0.25) is 14.5 Å². The molecular weight excluding hydrogens is 342 g/mol. The van der Waals surface area contributed by atoms with E-state index >= 15 is 0 Å². The summed E-state index contributed by atoms with van der Waals surface area (Å²) in [7, 11) is 0. The summed E-state index contributed by atoms with van der Waals surface area (Å²) in [6, 6.07) is -0.435. The molecule has 0 aromatic heterocycles. The van der Waals surface area contributed by atoms with Crippen molar-refractivity contribution in [1.82, 2.24) is 15.5 Å². The SMILES string of the molecule is CC1CC(C)(C)CC2(C1)NC(=O)N(CC(=O)NCCC1=CCCCC1)C2=O. The van der Waals surface area contributed by atoms with E-state index in [4.69, 9.17) is 0 Å². The number of amides is 4. The summed E-state index contributed by atoms with van der Waals surface area (Å²) in [5.74, 6) is -0.150. The van der Waals surface area contributed by atoms with Crippen LogP contribution in [-0.2, 0) is 9.59 Å². The fourth-order valence-electron chi connectivity index (χ4n) is 5.34. The monoisotopic (exact) mass is 375 g/mol. The van der Waals surface area contributed by atoms with E-state index in [1.54, 1.807) is 0 Å². The Morgan fingerprint density at radius 3 is 2.74 bits per heavy atom. The van der Waals surface area contributed by atoms with Crippen LogP contribution in [0.4, 0.5) is 4.79 Å². The average molecular weight is 376 g/mol. The van der Waals surface area contributed by atoms with E-state index in [1.807, 2.05) is 0 Å². The van der Waals surface area contributed by atoms with Crippen LogP contribution in [0.15, 0.2) is 11.6 Å². The molecule has 27 heavy (non-hydrogen) atoms. The highest BCUT2D eigenvalue weighted by Crippen LogP contribution is 2.46. The Morgan fingerprint density at radius 1 is 1.30 bits per heavy atom.